The Bertz CT molecular complexity index is 837. The van der Waals surface area contributed by atoms with Crippen molar-refractivity contribution >= 4 is 16.7 Å². The Hall–Kier alpha value is -2.49. The topological polar surface area (TPSA) is 41.9 Å². The molecular weight excluding hydrogens is 296 g/mol. The zero-order valence-electron chi connectivity index (χ0n) is 14.2. The zero-order chi connectivity index (χ0) is 16.5. The fourth-order valence-electron chi connectivity index (χ4n) is 3.76. The maximum Gasteiger partial charge on any atom is 0.163 e. The van der Waals surface area contributed by atoms with Crippen LogP contribution in [-0.4, -0.2) is 28.0 Å². The number of nitrogens with zero attached hydrogens (tertiary/aromatic N) is 4. The first-order chi connectivity index (χ1) is 11.7. The third-order valence-corrected chi connectivity index (χ3v) is 4.67. The molecule has 4 nitrogen and oxygen atoms in total. The van der Waals surface area contributed by atoms with Crippen molar-refractivity contribution in [3.63, 3.8) is 0 Å². The Morgan fingerprint density at radius 2 is 1.75 bits per heavy atom. The molecule has 122 valence electrons. The molecule has 1 aromatic carbocycles. The van der Waals surface area contributed by atoms with Gasteiger partial charge in [-0.1, -0.05) is 26.0 Å². The van der Waals surface area contributed by atoms with Gasteiger partial charge >= 0.3 is 0 Å². The van der Waals surface area contributed by atoms with Gasteiger partial charge in [0.25, 0.3) is 0 Å². The monoisotopic (exact) mass is 318 g/mol. The second-order valence-corrected chi connectivity index (χ2v) is 6.98. The van der Waals surface area contributed by atoms with E-state index in [0.717, 1.165) is 41.2 Å². The number of fused-ring (bicyclic) bond motifs is 1. The van der Waals surface area contributed by atoms with Crippen LogP contribution >= 0.6 is 0 Å². The van der Waals surface area contributed by atoms with E-state index in [-0.39, 0.29) is 0 Å². The zero-order valence-corrected chi connectivity index (χ0v) is 14.2. The molecule has 2 atom stereocenters. The summed E-state index contributed by atoms with van der Waals surface area (Å²) >= 11 is 0. The molecule has 0 unspecified atom stereocenters. The molecule has 0 radical (unpaired) electrons. The minimum Gasteiger partial charge on any atom is -0.355 e. The van der Waals surface area contributed by atoms with Crippen LogP contribution in [0.5, 0.6) is 0 Å². The summed E-state index contributed by atoms with van der Waals surface area (Å²) in [5, 5.41) is 1.13. The van der Waals surface area contributed by atoms with Crippen LogP contribution in [-0.2, 0) is 0 Å². The second-order valence-electron chi connectivity index (χ2n) is 6.98. The first kappa shape index (κ1) is 15.1. The summed E-state index contributed by atoms with van der Waals surface area (Å²) in [4.78, 5) is 16.3. The van der Waals surface area contributed by atoms with Crippen LogP contribution in [0.4, 0.5) is 5.82 Å². The number of para-hydroxylation sites is 1. The fourth-order valence-corrected chi connectivity index (χ4v) is 3.76. The Morgan fingerprint density at radius 1 is 0.958 bits per heavy atom. The van der Waals surface area contributed by atoms with Crippen LogP contribution < -0.4 is 4.90 Å². The van der Waals surface area contributed by atoms with Crippen LogP contribution in [0.25, 0.3) is 22.3 Å². The Morgan fingerprint density at radius 3 is 2.50 bits per heavy atom. The first-order valence-corrected chi connectivity index (χ1v) is 8.63. The summed E-state index contributed by atoms with van der Waals surface area (Å²) in [5.41, 5.74) is 1.95. The Balaban J connectivity index is 1.87. The molecule has 0 bridgehead atoms. The smallest absolute Gasteiger partial charge is 0.163 e. The van der Waals surface area contributed by atoms with Gasteiger partial charge in [-0.2, -0.15) is 0 Å². The number of pyridine rings is 1. The van der Waals surface area contributed by atoms with Gasteiger partial charge in [-0.05, 0) is 42.5 Å². The summed E-state index contributed by atoms with van der Waals surface area (Å²) in [6.07, 6.45) is 4.89. The van der Waals surface area contributed by atoms with E-state index < -0.39 is 0 Å². The Labute approximate surface area is 142 Å². The highest BCUT2D eigenvalue weighted by Crippen LogP contribution is 2.31. The van der Waals surface area contributed by atoms with Crippen LogP contribution in [0.1, 0.15) is 20.3 Å². The predicted octanol–water partition coefficient (Wildman–Crippen LogP) is 4.17. The predicted molar refractivity (Wildman–Crippen MR) is 97.9 cm³/mol. The maximum atomic E-state index is 4.94. The number of hydrogen-bond acceptors (Lipinski definition) is 4. The van der Waals surface area contributed by atoms with Gasteiger partial charge in [0.2, 0.25) is 0 Å². The highest BCUT2D eigenvalue weighted by Gasteiger charge is 2.24. The normalized spacial score (nSPS) is 21.2. The van der Waals surface area contributed by atoms with Gasteiger partial charge in [0.05, 0.1) is 5.52 Å². The lowest BCUT2D eigenvalue weighted by molar-refractivity contribution is 0.356. The summed E-state index contributed by atoms with van der Waals surface area (Å²) in [7, 11) is 0. The lowest BCUT2D eigenvalue weighted by atomic mass is 9.92. The summed E-state index contributed by atoms with van der Waals surface area (Å²) in [6.45, 7) is 6.76. The van der Waals surface area contributed by atoms with E-state index in [4.69, 9.17) is 9.97 Å². The van der Waals surface area contributed by atoms with Crippen molar-refractivity contribution in [2.75, 3.05) is 18.0 Å². The number of piperidine rings is 1. The standard InChI is InChI=1S/C20H22N4/c1-14-10-15(2)13-24(12-14)20-17-7-3-4-8-18(17)22-19(23-20)16-6-5-9-21-11-16/h3-9,11,14-15H,10,12-13H2,1-2H3/t14-,15-/m1/s1. The van der Waals surface area contributed by atoms with Crippen LogP contribution in [0.2, 0.25) is 0 Å². The summed E-state index contributed by atoms with van der Waals surface area (Å²) < 4.78 is 0. The molecule has 0 amide bonds. The molecule has 0 saturated carbocycles. The SMILES string of the molecule is C[C@@H]1C[C@@H](C)CN(c2nc(-c3cccnc3)nc3ccccc23)C1. The van der Waals surface area contributed by atoms with Gasteiger partial charge in [0.15, 0.2) is 5.82 Å². The van der Waals surface area contributed by atoms with E-state index >= 15 is 0 Å². The highest BCUT2D eigenvalue weighted by atomic mass is 15.2. The highest BCUT2D eigenvalue weighted by molar-refractivity contribution is 5.91. The molecule has 1 fully saturated rings. The maximum absolute atomic E-state index is 4.94. The number of aromatic nitrogens is 3. The molecule has 24 heavy (non-hydrogen) atoms. The molecule has 1 aliphatic heterocycles. The number of anilines is 1. The van der Waals surface area contributed by atoms with E-state index in [1.54, 1.807) is 6.20 Å². The van der Waals surface area contributed by atoms with Crippen LogP contribution in [0, 0.1) is 11.8 Å². The number of benzene rings is 1. The largest absolute Gasteiger partial charge is 0.355 e. The van der Waals surface area contributed by atoms with Crippen molar-refractivity contribution in [1.82, 2.24) is 15.0 Å². The lowest BCUT2D eigenvalue weighted by Gasteiger charge is -2.36. The Kier molecular flexibility index (Phi) is 3.89. The van der Waals surface area contributed by atoms with E-state index in [1.807, 2.05) is 24.4 Å². The molecule has 1 aliphatic rings. The fraction of sp³-hybridized carbons (Fsp3) is 0.350. The average Bonchev–Trinajstić information content (AvgIpc) is 2.60. The van der Waals surface area contributed by atoms with Gasteiger partial charge < -0.3 is 4.90 Å². The van der Waals surface area contributed by atoms with Crippen molar-refractivity contribution in [3.8, 4) is 11.4 Å². The van der Waals surface area contributed by atoms with Gasteiger partial charge in [-0.25, -0.2) is 9.97 Å². The van der Waals surface area contributed by atoms with E-state index in [1.165, 1.54) is 6.42 Å². The minimum absolute atomic E-state index is 0.685. The first-order valence-electron chi connectivity index (χ1n) is 8.63. The molecule has 3 heterocycles. The molecule has 1 saturated heterocycles. The van der Waals surface area contributed by atoms with Gasteiger partial charge in [-0.3, -0.25) is 4.98 Å². The van der Waals surface area contributed by atoms with Gasteiger partial charge in [0, 0.05) is 36.4 Å². The van der Waals surface area contributed by atoms with E-state index in [0.29, 0.717) is 11.8 Å². The summed E-state index contributed by atoms with van der Waals surface area (Å²) in [5.74, 6) is 3.18. The molecule has 3 aromatic rings. The number of rotatable bonds is 2. The second kappa shape index (κ2) is 6.19. The van der Waals surface area contributed by atoms with Gasteiger partial charge in [0.1, 0.15) is 5.82 Å². The molecule has 4 rings (SSSR count). The third kappa shape index (κ3) is 2.84. The van der Waals surface area contributed by atoms with Crippen LogP contribution in [0.15, 0.2) is 48.8 Å². The average molecular weight is 318 g/mol. The van der Waals surface area contributed by atoms with Crippen molar-refractivity contribution in [2.24, 2.45) is 11.8 Å². The van der Waals surface area contributed by atoms with Crippen molar-refractivity contribution in [1.29, 1.82) is 0 Å². The molecule has 0 N–H and O–H groups in total. The molecule has 0 spiro atoms. The van der Waals surface area contributed by atoms with Gasteiger partial charge in [-0.15, -0.1) is 0 Å². The van der Waals surface area contributed by atoms with Crippen molar-refractivity contribution < 1.29 is 0 Å². The number of hydrogen-bond donors (Lipinski definition) is 0. The van der Waals surface area contributed by atoms with Crippen molar-refractivity contribution in [3.05, 3.63) is 48.8 Å². The van der Waals surface area contributed by atoms with E-state index in [9.17, 15) is 0 Å². The molecule has 2 aromatic heterocycles. The quantitative estimate of drug-likeness (QED) is 0.711. The molecular formula is C20H22N4. The van der Waals surface area contributed by atoms with Crippen molar-refractivity contribution in [2.45, 2.75) is 20.3 Å². The lowest BCUT2D eigenvalue weighted by Crippen LogP contribution is -2.39. The third-order valence-electron chi connectivity index (χ3n) is 4.67. The van der Waals surface area contributed by atoms with Crippen LogP contribution in [0.3, 0.4) is 0 Å². The molecule has 4 heteroatoms. The van der Waals surface area contributed by atoms with E-state index in [2.05, 4.69) is 41.9 Å². The molecule has 0 aliphatic carbocycles. The summed E-state index contributed by atoms with van der Waals surface area (Å²) in [6, 6.07) is 12.2. The minimum atomic E-state index is 0.685.